The topological polar surface area (TPSA) is 65.1 Å². The fourth-order valence-corrected chi connectivity index (χ4v) is 8.95. The maximum atomic E-state index is 12.1. The maximum Gasteiger partial charge on any atom is 0.302 e. The third-order valence-electron chi connectivity index (χ3n) is 10.0. The number of carbonyl (C=O) groups is 2. The molecule has 4 saturated carbocycles. The number of carbonyl (C=O) groups excluding carboxylic acids is 2. The molecule has 4 aliphatic carbocycles. The first-order chi connectivity index (χ1) is 13.6. The van der Waals surface area contributed by atoms with Gasteiger partial charge in [-0.3, -0.25) is 9.59 Å². The van der Waals surface area contributed by atoms with Gasteiger partial charge in [0.15, 0.2) is 0 Å². The number of rotatable bonds is 3. The molecule has 5 nitrogen and oxygen atoms in total. The van der Waals surface area contributed by atoms with Crippen LogP contribution in [-0.2, 0) is 23.8 Å². The minimum absolute atomic E-state index is 0.00788. The molecular formula is C24H36O5. The lowest BCUT2D eigenvalue weighted by Crippen LogP contribution is -2.64. The molecule has 0 aromatic rings. The van der Waals surface area contributed by atoms with Crippen LogP contribution in [0.3, 0.4) is 0 Å². The van der Waals surface area contributed by atoms with Gasteiger partial charge in [-0.15, -0.1) is 0 Å². The van der Waals surface area contributed by atoms with E-state index < -0.39 is 0 Å². The molecule has 0 aromatic heterocycles. The Hall–Kier alpha value is -1.10. The molecule has 0 aromatic carbocycles. The van der Waals surface area contributed by atoms with Crippen LogP contribution in [-0.4, -0.2) is 36.4 Å². The van der Waals surface area contributed by atoms with E-state index in [0.29, 0.717) is 24.4 Å². The first-order valence-corrected chi connectivity index (χ1v) is 11.5. The number of hydrogen-bond donors (Lipinski definition) is 0. The smallest absolute Gasteiger partial charge is 0.302 e. The van der Waals surface area contributed by atoms with E-state index in [1.54, 1.807) is 6.92 Å². The molecule has 2 bridgehead atoms. The van der Waals surface area contributed by atoms with E-state index in [4.69, 9.17) is 14.2 Å². The van der Waals surface area contributed by atoms with Crippen LogP contribution < -0.4 is 0 Å². The molecule has 5 heteroatoms. The predicted molar refractivity (Wildman–Crippen MR) is 107 cm³/mol. The molecule has 5 fully saturated rings. The van der Waals surface area contributed by atoms with Gasteiger partial charge in [0.1, 0.15) is 6.10 Å². The monoisotopic (exact) mass is 404 g/mol. The molecule has 1 unspecified atom stereocenters. The highest BCUT2D eigenvalue weighted by atomic mass is 16.6. The van der Waals surface area contributed by atoms with E-state index in [1.807, 2.05) is 0 Å². The van der Waals surface area contributed by atoms with Crippen LogP contribution in [0.5, 0.6) is 0 Å². The molecule has 1 heterocycles. The van der Waals surface area contributed by atoms with Crippen LogP contribution >= 0.6 is 0 Å². The van der Waals surface area contributed by atoms with Crippen molar-refractivity contribution in [3.63, 3.8) is 0 Å². The highest BCUT2D eigenvalue weighted by molar-refractivity contribution is 5.66. The minimum Gasteiger partial charge on any atom is -0.465 e. The second-order valence-corrected chi connectivity index (χ2v) is 11.5. The van der Waals surface area contributed by atoms with Gasteiger partial charge in [0.2, 0.25) is 0 Å². The van der Waals surface area contributed by atoms with Crippen molar-refractivity contribution in [2.75, 3.05) is 6.61 Å². The van der Waals surface area contributed by atoms with Gasteiger partial charge in [-0.2, -0.15) is 0 Å². The van der Waals surface area contributed by atoms with Gasteiger partial charge in [0.25, 0.3) is 0 Å². The zero-order valence-electron chi connectivity index (χ0n) is 18.6. The molecule has 1 spiro atoms. The summed E-state index contributed by atoms with van der Waals surface area (Å²) < 4.78 is 18.0. The third-order valence-corrected chi connectivity index (χ3v) is 10.0. The lowest BCUT2D eigenvalue weighted by molar-refractivity contribution is -0.231. The van der Waals surface area contributed by atoms with Crippen molar-refractivity contribution in [3.05, 3.63) is 0 Å². The molecule has 5 rings (SSSR count). The molecule has 9 atom stereocenters. The van der Waals surface area contributed by atoms with Gasteiger partial charge in [-0.1, -0.05) is 20.3 Å². The third kappa shape index (κ3) is 2.49. The van der Waals surface area contributed by atoms with E-state index in [9.17, 15) is 9.59 Å². The zero-order chi connectivity index (χ0) is 20.8. The van der Waals surface area contributed by atoms with E-state index in [2.05, 4.69) is 20.8 Å². The molecule has 5 aliphatic rings. The standard InChI is InChI=1S/C24H36O5/c1-14(25)27-13-21(3)9-6-10-22(4)17-8-7-16-12-24(17,20-23(16,5)29-20)19(11-18(21)22)28-15(2)26/h16-20H,6-13H2,1-5H3/t16?,17-,18+,19-,20-,21+,22-,23-,24+/m0/s1. The van der Waals surface area contributed by atoms with Crippen molar-refractivity contribution in [1.82, 2.24) is 0 Å². The number of ether oxygens (including phenoxy) is 3. The summed E-state index contributed by atoms with van der Waals surface area (Å²) in [4.78, 5) is 23.7. The summed E-state index contributed by atoms with van der Waals surface area (Å²) >= 11 is 0. The van der Waals surface area contributed by atoms with Gasteiger partial charge >= 0.3 is 11.9 Å². The number of fused-ring (bicyclic) bond motifs is 5. The van der Waals surface area contributed by atoms with Crippen LogP contribution in [0.15, 0.2) is 0 Å². The summed E-state index contributed by atoms with van der Waals surface area (Å²) in [6.07, 6.45) is 8.01. The highest BCUT2D eigenvalue weighted by Gasteiger charge is 2.82. The summed E-state index contributed by atoms with van der Waals surface area (Å²) in [6, 6.07) is 0. The minimum atomic E-state index is -0.208. The Morgan fingerprint density at radius 1 is 1.03 bits per heavy atom. The predicted octanol–water partition coefficient (Wildman–Crippen LogP) is 4.27. The second-order valence-electron chi connectivity index (χ2n) is 11.5. The van der Waals surface area contributed by atoms with Crippen LogP contribution in [0.4, 0.5) is 0 Å². The Morgan fingerprint density at radius 2 is 1.79 bits per heavy atom. The molecule has 1 saturated heterocycles. The second kappa shape index (κ2) is 5.99. The van der Waals surface area contributed by atoms with E-state index in [0.717, 1.165) is 19.3 Å². The molecule has 0 amide bonds. The van der Waals surface area contributed by atoms with Crippen LogP contribution in [0.2, 0.25) is 0 Å². The first-order valence-electron chi connectivity index (χ1n) is 11.5. The van der Waals surface area contributed by atoms with Crippen LogP contribution in [0, 0.1) is 34.0 Å². The van der Waals surface area contributed by atoms with Gasteiger partial charge in [-0.25, -0.2) is 0 Å². The van der Waals surface area contributed by atoms with Crippen molar-refractivity contribution in [1.29, 1.82) is 0 Å². The lowest BCUT2D eigenvalue weighted by Gasteiger charge is -2.66. The maximum absolute atomic E-state index is 12.1. The normalized spacial score (nSPS) is 54.6. The Kier molecular flexibility index (Phi) is 4.10. The Bertz CT molecular complexity index is 750. The van der Waals surface area contributed by atoms with E-state index in [1.165, 1.54) is 32.6 Å². The highest BCUT2D eigenvalue weighted by Crippen LogP contribution is 2.78. The van der Waals surface area contributed by atoms with Crippen molar-refractivity contribution in [3.8, 4) is 0 Å². The van der Waals surface area contributed by atoms with Crippen molar-refractivity contribution in [2.24, 2.45) is 34.0 Å². The van der Waals surface area contributed by atoms with Crippen molar-refractivity contribution >= 4 is 11.9 Å². The van der Waals surface area contributed by atoms with Crippen LogP contribution in [0.1, 0.15) is 79.6 Å². The first kappa shape index (κ1) is 19.8. The van der Waals surface area contributed by atoms with E-state index in [-0.39, 0.29) is 46.0 Å². The fraction of sp³-hybridized carbons (Fsp3) is 0.917. The number of esters is 2. The van der Waals surface area contributed by atoms with E-state index >= 15 is 0 Å². The van der Waals surface area contributed by atoms with Crippen molar-refractivity contribution in [2.45, 2.75) is 97.4 Å². The Labute approximate surface area is 174 Å². The van der Waals surface area contributed by atoms with Gasteiger partial charge in [0, 0.05) is 24.7 Å². The molecule has 0 N–H and O–H groups in total. The van der Waals surface area contributed by atoms with Crippen LogP contribution in [0.25, 0.3) is 0 Å². The molecule has 162 valence electrons. The largest absolute Gasteiger partial charge is 0.465 e. The summed E-state index contributed by atoms with van der Waals surface area (Å²) in [7, 11) is 0. The average Bonchev–Trinajstić information content (AvgIpc) is 3.30. The van der Waals surface area contributed by atoms with Gasteiger partial charge in [-0.05, 0) is 68.6 Å². The SMILES string of the molecule is CC(=O)OC[C@@]1(C)CCC[C@]2(C)[C@@H]1C[C@H](OC(C)=O)[C@@]13CC(CC[C@@H]21)[C@]1(C)O[C@H]31. The summed E-state index contributed by atoms with van der Waals surface area (Å²) in [5.41, 5.74) is 0.0636. The lowest BCUT2D eigenvalue weighted by atomic mass is 9.40. The summed E-state index contributed by atoms with van der Waals surface area (Å²) in [5.74, 6) is 1.09. The summed E-state index contributed by atoms with van der Waals surface area (Å²) in [5, 5.41) is 0. The number of epoxide rings is 1. The fourth-order valence-electron chi connectivity index (χ4n) is 8.95. The Balaban J connectivity index is 1.56. The molecular weight excluding hydrogens is 368 g/mol. The molecule has 0 radical (unpaired) electrons. The average molecular weight is 405 g/mol. The summed E-state index contributed by atoms with van der Waals surface area (Å²) in [6.45, 7) is 10.6. The van der Waals surface area contributed by atoms with Crippen molar-refractivity contribution < 1.29 is 23.8 Å². The zero-order valence-corrected chi connectivity index (χ0v) is 18.6. The molecule has 1 aliphatic heterocycles. The Morgan fingerprint density at radius 3 is 2.48 bits per heavy atom. The van der Waals surface area contributed by atoms with Gasteiger partial charge < -0.3 is 14.2 Å². The number of hydrogen-bond acceptors (Lipinski definition) is 5. The molecule has 29 heavy (non-hydrogen) atoms. The van der Waals surface area contributed by atoms with Gasteiger partial charge in [0.05, 0.1) is 18.3 Å². The quantitative estimate of drug-likeness (QED) is 0.519.